The maximum atomic E-state index is 13.0. The van der Waals surface area contributed by atoms with Gasteiger partial charge in [-0.05, 0) is 42.8 Å². The van der Waals surface area contributed by atoms with E-state index in [1.165, 1.54) is 6.07 Å². The minimum absolute atomic E-state index is 0.242. The van der Waals surface area contributed by atoms with E-state index in [9.17, 15) is 4.39 Å². The van der Waals surface area contributed by atoms with Crippen molar-refractivity contribution in [3.05, 3.63) is 53.8 Å². The predicted molar refractivity (Wildman–Crippen MR) is 62.1 cm³/mol. The molecule has 0 aliphatic rings. The van der Waals surface area contributed by atoms with Crippen LogP contribution in [0.3, 0.4) is 0 Å². The van der Waals surface area contributed by atoms with Crippen LogP contribution in [0.15, 0.2) is 42.5 Å². The monoisotopic (exact) mass is 217 g/mol. The van der Waals surface area contributed by atoms with Crippen molar-refractivity contribution in [1.82, 2.24) is 0 Å². The number of hydrogen-bond acceptors (Lipinski definition) is 2. The van der Waals surface area contributed by atoms with Crippen LogP contribution in [-0.4, -0.2) is 0 Å². The molecule has 0 heterocycles. The van der Waals surface area contributed by atoms with Crippen molar-refractivity contribution in [2.24, 2.45) is 0 Å². The Morgan fingerprint density at radius 3 is 2.56 bits per heavy atom. The van der Waals surface area contributed by atoms with E-state index < -0.39 is 0 Å². The van der Waals surface area contributed by atoms with Gasteiger partial charge in [-0.2, -0.15) is 0 Å². The molecule has 16 heavy (non-hydrogen) atoms. The van der Waals surface area contributed by atoms with E-state index in [0.29, 0.717) is 22.7 Å². The van der Waals surface area contributed by atoms with Crippen molar-refractivity contribution in [1.29, 1.82) is 0 Å². The molecule has 3 heteroatoms. The molecule has 82 valence electrons. The number of para-hydroxylation sites is 2. The topological polar surface area (TPSA) is 35.2 Å². The lowest BCUT2D eigenvalue weighted by atomic mass is 10.2. The molecule has 0 saturated heterocycles. The number of benzene rings is 2. The number of aryl methyl sites for hydroxylation is 1. The maximum Gasteiger partial charge on any atom is 0.150 e. The molecule has 0 radical (unpaired) electrons. The molecule has 0 aliphatic heterocycles. The zero-order valence-electron chi connectivity index (χ0n) is 8.91. The fourth-order valence-electron chi connectivity index (χ4n) is 1.38. The van der Waals surface area contributed by atoms with E-state index in [2.05, 4.69) is 0 Å². The normalized spacial score (nSPS) is 10.1. The first kappa shape index (κ1) is 10.5. The summed E-state index contributed by atoms with van der Waals surface area (Å²) in [7, 11) is 0. The molecule has 0 aromatic heterocycles. The lowest BCUT2D eigenvalue weighted by Crippen LogP contribution is -1.92. The van der Waals surface area contributed by atoms with Crippen molar-refractivity contribution in [3.8, 4) is 11.5 Å². The minimum atomic E-state index is -0.242. The second-order valence-electron chi connectivity index (χ2n) is 3.55. The van der Waals surface area contributed by atoms with Crippen molar-refractivity contribution in [3.63, 3.8) is 0 Å². The van der Waals surface area contributed by atoms with E-state index in [4.69, 9.17) is 10.5 Å². The summed E-state index contributed by atoms with van der Waals surface area (Å²) in [5.74, 6) is 0.915. The molecule has 0 unspecified atom stereocenters. The molecule has 0 bridgehead atoms. The van der Waals surface area contributed by atoms with Crippen LogP contribution in [0.25, 0.3) is 0 Å². The summed E-state index contributed by atoms with van der Waals surface area (Å²) in [5.41, 5.74) is 6.85. The zero-order valence-corrected chi connectivity index (χ0v) is 8.91. The van der Waals surface area contributed by atoms with Crippen LogP contribution in [0.4, 0.5) is 10.1 Å². The fraction of sp³-hybridized carbons (Fsp3) is 0.0769. The third-order valence-corrected chi connectivity index (χ3v) is 2.28. The van der Waals surface area contributed by atoms with Gasteiger partial charge in [0, 0.05) is 0 Å². The smallest absolute Gasteiger partial charge is 0.150 e. The highest BCUT2D eigenvalue weighted by Gasteiger charge is 2.03. The molecular weight excluding hydrogens is 205 g/mol. The Morgan fingerprint density at radius 1 is 1.12 bits per heavy atom. The Labute approximate surface area is 93.5 Å². The molecule has 2 aromatic rings. The number of ether oxygens (including phenoxy) is 1. The second-order valence-corrected chi connectivity index (χ2v) is 3.55. The molecule has 2 aromatic carbocycles. The average Bonchev–Trinajstić information content (AvgIpc) is 2.27. The largest absolute Gasteiger partial charge is 0.455 e. The van der Waals surface area contributed by atoms with Gasteiger partial charge < -0.3 is 10.5 Å². The van der Waals surface area contributed by atoms with E-state index in [1.54, 1.807) is 31.2 Å². The quantitative estimate of drug-likeness (QED) is 0.781. The van der Waals surface area contributed by atoms with Crippen LogP contribution in [0.2, 0.25) is 0 Å². The Balaban J connectivity index is 2.28. The summed E-state index contributed by atoms with van der Waals surface area (Å²) in [5, 5.41) is 0. The summed E-state index contributed by atoms with van der Waals surface area (Å²) >= 11 is 0. The Kier molecular flexibility index (Phi) is 2.77. The van der Waals surface area contributed by atoms with Gasteiger partial charge in [-0.25, -0.2) is 4.39 Å². The van der Waals surface area contributed by atoms with Gasteiger partial charge in [-0.3, -0.25) is 0 Å². The first-order valence-corrected chi connectivity index (χ1v) is 4.95. The highest BCUT2D eigenvalue weighted by Crippen LogP contribution is 2.27. The number of nitrogen functional groups attached to an aromatic ring is 1. The van der Waals surface area contributed by atoms with Crippen molar-refractivity contribution < 1.29 is 9.13 Å². The molecule has 0 amide bonds. The Hall–Kier alpha value is -2.03. The molecule has 2 N–H and O–H groups in total. The Morgan fingerprint density at radius 2 is 1.88 bits per heavy atom. The van der Waals surface area contributed by atoms with E-state index in [0.717, 1.165) is 0 Å². The van der Waals surface area contributed by atoms with Crippen molar-refractivity contribution >= 4 is 5.69 Å². The van der Waals surface area contributed by atoms with Gasteiger partial charge in [0.1, 0.15) is 17.3 Å². The van der Waals surface area contributed by atoms with Gasteiger partial charge in [0.05, 0.1) is 5.69 Å². The number of anilines is 1. The van der Waals surface area contributed by atoms with Gasteiger partial charge >= 0.3 is 0 Å². The molecule has 0 aliphatic carbocycles. The number of rotatable bonds is 2. The van der Waals surface area contributed by atoms with Crippen LogP contribution < -0.4 is 10.5 Å². The van der Waals surface area contributed by atoms with Crippen LogP contribution in [0.1, 0.15) is 5.56 Å². The van der Waals surface area contributed by atoms with Crippen molar-refractivity contribution in [2.75, 3.05) is 5.73 Å². The van der Waals surface area contributed by atoms with E-state index in [-0.39, 0.29) is 5.82 Å². The summed E-state index contributed by atoms with van der Waals surface area (Å²) in [6.07, 6.45) is 0. The first-order valence-electron chi connectivity index (χ1n) is 4.95. The molecule has 2 rings (SSSR count). The van der Waals surface area contributed by atoms with E-state index in [1.807, 2.05) is 12.1 Å². The maximum absolute atomic E-state index is 13.0. The van der Waals surface area contributed by atoms with Crippen LogP contribution in [0, 0.1) is 12.7 Å². The highest BCUT2D eigenvalue weighted by molar-refractivity contribution is 5.53. The lowest BCUT2D eigenvalue weighted by Gasteiger charge is -2.08. The molecule has 2 nitrogen and oxygen atoms in total. The summed E-state index contributed by atoms with van der Waals surface area (Å²) < 4.78 is 18.6. The fourth-order valence-corrected chi connectivity index (χ4v) is 1.38. The second kappa shape index (κ2) is 4.23. The molecular formula is C13H12FNO. The van der Waals surface area contributed by atoms with E-state index >= 15 is 0 Å². The summed E-state index contributed by atoms with van der Waals surface area (Å²) in [6, 6.07) is 11.8. The number of nitrogens with two attached hydrogens (primary N) is 1. The molecule has 0 atom stereocenters. The lowest BCUT2D eigenvalue weighted by molar-refractivity contribution is 0.482. The molecule has 0 spiro atoms. The minimum Gasteiger partial charge on any atom is -0.455 e. The highest BCUT2D eigenvalue weighted by atomic mass is 19.1. The SMILES string of the molecule is Cc1cc(Oc2ccccc2N)ccc1F. The van der Waals surface area contributed by atoms with Crippen molar-refractivity contribution in [2.45, 2.75) is 6.92 Å². The van der Waals surface area contributed by atoms with Crippen LogP contribution >= 0.6 is 0 Å². The molecule has 0 fully saturated rings. The third kappa shape index (κ3) is 2.14. The first-order chi connectivity index (χ1) is 7.66. The number of halogens is 1. The third-order valence-electron chi connectivity index (χ3n) is 2.28. The Bertz CT molecular complexity index is 511. The summed E-state index contributed by atoms with van der Waals surface area (Å²) in [6.45, 7) is 1.69. The number of hydrogen-bond donors (Lipinski definition) is 1. The standard InChI is InChI=1S/C13H12FNO/c1-9-8-10(6-7-11(9)14)16-13-5-3-2-4-12(13)15/h2-8H,15H2,1H3. The van der Waals surface area contributed by atoms with Crippen LogP contribution in [-0.2, 0) is 0 Å². The average molecular weight is 217 g/mol. The van der Waals surface area contributed by atoms with Gasteiger partial charge in [-0.15, -0.1) is 0 Å². The van der Waals surface area contributed by atoms with Gasteiger partial charge in [-0.1, -0.05) is 12.1 Å². The molecule has 0 saturated carbocycles. The van der Waals surface area contributed by atoms with Gasteiger partial charge in [0.25, 0.3) is 0 Å². The predicted octanol–water partition coefficient (Wildman–Crippen LogP) is 3.51. The van der Waals surface area contributed by atoms with Gasteiger partial charge in [0.15, 0.2) is 0 Å². The summed E-state index contributed by atoms with van der Waals surface area (Å²) in [4.78, 5) is 0. The van der Waals surface area contributed by atoms with Gasteiger partial charge in [0.2, 0.25) is 0 Å². The zero-order chi connectivity index (χ0) is 11.5. The van der Waals surface area contributed by atoms with Crippen LogP contribution in [0.5, 0.6) is 11.5 Å².